The Labute approximate surface area is 109 Å². The first-order valence-electron chi connectivity index (χ1n) is 5.61. The summed E-state index contributed by atoms with van der Waals surface area (Å²) in [4.78, 5) is 8.35. The van der Waals surface area contributed by atoms with Crippen molar-refractivity contribution in [2.24, 2.45) is 0 Å². The molecule has 1 aliphatic carbocycles. The maximum Gasteiger partial charge on any atom is 0.316 e. The van der Waals surface area contributed by atoms with Crippen LogP contribution in [0.1, 0.15) is 25.7 Å². The Hall–Kier alpha value is -0.430. The van der Waals surface area contributed by atoms with Crippen LogP contribution in [-0.4, -0.2) is 29.2 Å². The van der Waals surface area contributed by atoms with Gasteiger partial charge in [-0.3, -0.25) is 0 Å². The Balaban J connectivity index is 1.99. The Bertz CT molecular complexity index is 331. The molecule has 0 radical (unpaired) electrons. The molecular formula is C11H16IN3O. The number of hydrogen-bond acceptors (Lipinski definition) is 4. The van der Waals surface area contributed by atoms with Crippen LogP contribution in [0.25, 0.3) is 0 Å². The van der Waals surface area contributed by atoms with Gasteiger partial charge < -0.3 is 10.1 Å². The van der Waals surface area contributed by atoms with Gasteiger partial charge in [0.1, 0.15) is 6.10 Å². The summed E-state index contributed by atoms with van der Waals surface area (Å²) in [6, 6.07) is 0.921. The normalized spacial score (nSPS) is 25.4. The fourth-order valence-corrected chi connectivity index (χ4v) is 2.34. The van der Waals surface area contributed by atoms with Crippen LogP contribution < -0.4 is 10.1 Å². The maximum absolute atomic E-state index is 5.83. The highest BCUT2D eigenvalue weighted by Crippen LogP contribution is 2.21. The minimum atomic E-state index is 0.207. The van der Waals surface area contributed by atoms with E-state index in [9.17, 15) is 0 Å². The van der Waals surface area contributed by atoms with Crippen LogP contribution in [0, 0.1) is 3.57 Å². The van der Waals surface area contributed by atoms with Gasteiger partial charge in [0.2, 0.25) is 0 Å². The van der Waals surface area contributed by atoms with Gasteiger partial charge in [0.05, 0.1) is 0 Å². The first kappa shape index (κ1) is 12.0. The quantitative estimate of drug-likeness (QED) is 0.860. The van der Waals surface area contributed by atoms with Crippen molar-refractivity contribution in [1.82, 2.24) is 15.3 Å². The van der Waals surface area contributed by atoms with Crippen LogP contribution in [-0.2, 0) is 0 Å². The average Bonchev–Trinajstić information content (AvgIpc) is 2.33. The van der Waals surface area contributed by atoms with Crippen molar-refractivity contribution in [3.63, 3.8) is 0 Å². The van der Waals surface area contributed by atoms with Crippen LogP contribution in [0.2, 0.25) is 0 Å². The molecule has 1 aromatic heterocycles. The second kappa shape index (κ2) is 5.77. The summed E-state index contributed by atoms with van der Waals surface area (Å²) in [5, 5.41) is 3.30. The first-order valence-corrected chi connectivity index (χ1v) is 6.69. The smallest absolute Gasteiger partial charge is 0.316 e. The van der Waals surface area contributed by atoms with Crippen LogP contribution in [0.3, 0.4) is 0 Å². The molecule has 0 aromatic carbocycles. The predicted molar refractivity (Wildman–Crippen MR) is 70.5 cm³/mol. The summed E-state index contributed by atoms with van der Waals surface area (Å²) in [6.45, 7) is 0. The zero-order chi connectivity index (χ0) is 11.4. The standard InChI is InChI=1S/C11H16IN3O/c1-13-9-4-2-3-5-10(9)16-11-14-6-8(12)7-15-11/h6-7,9-10,13H,2-5H2,1H3. The van der Waals surface area contributed by atoms with Gasteiger partial charge in [-0.1, -0.05) is 6.42 Å². The molecule has 16 heavy (non-hydrogen) atoms. The lowest BCUT2D eigenvalue weighted by atomic mass is 9.92. The van der Waals surface area contributed by atoms with Crippen molar-refractivity contribution in [1.29, 1.82) is 0 Å². The number of rotatable bonds is 3. The third kappa shape index (κ3) is 3.04. The third-order valence-corrected chi connectivity index (χ3v) is 3.48. The Kier molecular flexibility index (Phi) is 4.34. The molecule has 0 amide bonds. The Morgan fingerprint density at radius 2 is 2.00 bits per heavy atom. The first-order chi connectivity index (χ1) is 7.79. The van der Waals surface area contributed by atoms with Crippen LogP contribution in [0.4, 0.5) is 0 Å². The molecule has 0 bridgehead atoms. The highest BCUT2D eigenvalue weighted by atomic mass is 127. The van der Waals surface area contributed by atoms with Gasteiger partial charge in [0.25, 0.3) is 0 Å². The molecule has 1 saturated carbocycles. The summed E-state index contributed by atoms with van der Waals surface area (Å²) >= 11 is 2.19. The van der Waals surface area contributed by atoms with E-state index < -0.39 is 0 Å². The minimum absolute atomic E-state index is 0.207. The van der Waals surface area contributed by atoms with Gasteiger partial charge in [0.15, 0.2) is 0 Å². The van der Waals surface area contributed by atoms with Gasteiger partial charge >= 0.3 is 6.01 Å². The molecule has 5 heteroatoms. The van der Waals surface area contributed by atoms with E-state index in [1.54, 1.807) is 12.4 Å². The van der Waals surface area contributed by atoms with Crippen LogP contribution in [0.15, 0.2) is 12.4 Å². The number of nitrogens with zero attached hydrogens (tertiary/aromatic N) is 2. The lowest BCUT2D eigenvalue weighted by molar-refractivity contribution is 0.107. The summed E-state index contributed by atoms with van der Waals surface area (Å²) in [7, 11) is 1.99. The van der Waals surface area contributed by atoms with E-state index in [4.69, 9.17) is 4.74 Å². The largest absolute Gasteiger partial charge is 0.458 e. The molecule has 1 fully saturated rings. The molecular weight excluding hydrogens is 317 g/mol. The van der Waals surface area contributed by atoms with E-state index >= 15 is 0 Å². The van der Waals surface area contributed by atoms with E-state index in [0.29, 0.717) is 12.1 Å². The van der Waals surface area contributed by atoms with Crippen LogP contribution in [0.5, 0.6) is 6.01 Å². The highest BCUT2D eigenvalue weighted by Gasteiger charge is 2.25. The topological polar surface area (TPSA) is 47.0 Å². The summed E-state index contributed by atoms with van der Waals surface area (Å²) < 4.78 is 6.85. The van der Waals surface area contributed by atoms with Gasteiger partial charge in [-0.2, -0.15) is 0 Å². The molecule has 1 heterocycles. The Morgan fingerprint density at radius 3 is 2.69 bits per heavy atom. The second-order valence-electron chi connectivity index (χ2n) is 4.02. The van der Waals surface area contributed by atoms with E-state index in [0.717, 1.165) is 9.99 Å². The number of aromatic nitrogens is 2. The van der Waals surface area contributed by atoms with Crippen molar-refractivity contribution < 1.29 is 4.74 Å². The van der Waals surface area contributed by atoms with Gasteiger partial charge in [-0.15, -0.1) is 0 Å². The van der Waals surface area contributed by atoms with E-state index in [1.165, 1.54) is 19.3 Å². The van der Waals surface area contributed by atoms with Crippen molar-refractivity contribution in [2.75, 3.05) is 7.05 Å². The summed E-state index contributed by atoms with van der Waals surface area (Å²) in [6.07, 6.45) is 8.53. The predicted octanol–water partition coefficient (Wildman–Crippen LogP) is 1.99. The van der Waals surface area contributed by atoms with Gasteiger partial charge in [0, 0.05) is 22.0 Å². The van der Waals surface area contributed by atoms with Crippen molar-refractivity contribution >= 4 is 22.6 Å². The molecule has 88 valence electrons. The molecule has 2 unspecified atom stereocenters. The fourth-order valence-electron chi connectivity index (χ4n) is 2.06. The number of ether oxygens (including phenoxy) is 1. The zero-order valence-corrected chi connectivity index (χ0v) is 11.5. The average molecular weight is 333 g/mol. The highest BCUT2D eigenvalue weighted by molar-refractivity contribution is 14.1. The molecule has 0 spiro atoms. The fraction of sp³-hybridized carbons (Fsp3) is 0.636. The molecule has 1 aromatic rings. The number of hydrogen-bond donors (Lipinski definition) is 1. The molecule has 4 nitrogen and oxygen atoms in total. The maximum atomic E-state index is 5.83. The van der Waals surface area contributed by atoms with E-state index in [1.807, 2.05) is 7.05 Å². The molecule has 1 aliphatic rings. The summed E-state index contributed by atoms with van der Waals surface area (Å²) in [5.41, 5.74) is 0. The minimum Gasteiger partial charge on any atom is -0.458 e. The van der Waals surface area contributed by atoms with E-state index in [-0.39, 0.29) is 6.10 Å². The molecule has 1 N–H and O–H groups in total. The molecule has 2 rings (SSSR count). The van der Waals surface area contributed by atoms with Gasteiger partial charge in [-0.25, -0.2) is 9.97 Å². The monoisotopic (exact) mass is 333 g/mol. The third-order valence-electron chi connectivity index (χ3n) is 2.93. The molecule has 0 saturated heterocycles. The number of nitrogens with one attached hydrogen (secondary N) is 1. The van der Waals surface area contributed by atoms with Crippen molar-refractivity contribution in [2.45, 2.75) is 37.8 Å². The zero-order valence-electron chi connectivity index (χ0n) is 9.32. The summed E-state index contributed by atoms with van der Waals surface area (Å²) in [5.74, 6) is 0. The van der Waals surface area contributed by atoms with Crippen LogP contribution >= 0.6 is 22.6 Å². The number of likely N-dealkylation sites (N-methyl/N-ethyl adjacent to an activating group) is 1. The van der Waals surface area contributed by atoms with Crippen molar-refractivity contribution in [3.05, 3.63) is 16.0 Å². The van der Waals surface area contributed by atoms with Gasteiger partial charge in [-0.05, 0) is 48.9 Å². The lowest BCUT2D eigenvalue weighted by Gasteiger charge is -2.30. The Morgan fingerprint density at radius 1 is 1.31 bits per heavy atom. The van der Waals surface area contributed by atoms with Crippen molar-refractivity contribution in [3.8, 4) is 6.01 Å². The second-order valence-corrected chi connectivity index (χ2v) is 5.27. The SMILES string of the molecule is CNC1CCCCC1Oc1ncc(I)cn1. The van der Waals surface area contributed by atoms with E-state index in [2.05, 4.69) is 37.9 Å². The lowest BCUT2D eigenvalue weighted by Crippen LogP contribution is -2.43. The number of halogens is 1. The molecule has 2 atom stereocenters. The molecule has 0 aliphatic heterocycles.